The lowest BCUT2D eigenvalue weighted by Crippen LogP contribution is -2.07. The van der Waals surface area contributed by atoms with Gasteiger partial charge in [0.2, 0.25) is 0 Å². The number of methoxy groups -OCH3 is 1. The molecular weight excluding hydrogens is 262 g/mol. The summed E-state index contributed by atoms with van der Waals surface area (Å²) in [7, 11) is 1.62. The van der Waals surface area contributed by atoms with Crippen LogP contribution < -0.4 is 5.32 Å². The van der Waals surface area contributed by atoms with Crippen LogP contribution in [0.3, 0.4) is 0 Å². The fourth-order valence-electron chi connectivity index (χ4n) is 2.15. The highest BCUT2D eigenvalue weighted by atomic mass is 16.5. The molecule has 0 fully saturated rings. The Balaban J connectivity index is 2.22. The summed E-state index contributed by atoms with van der Waals surface area (Å²) in [6.45, 7) is 5.02. The van der Waals surface area contributed by atoms with Gasteiger partial charge in [0, 0.05) is 24.9 Å². The number of nitrogens with one attached hydrogen (secondary N) is 1. The average Bonchev–Trinajstić information content (AvgIpc) is 2.47. The number of hydrogen-bond donors (Lipinski definition) is 1. The van der Waals surface area contributed by atoms with E-state index in [-0.39, 0.29) is 0 Å². The second-order valence-corrected chi connectivity index (χ2v) is 5.03. The first-order chi connectivity index (χ1) is 10.1. The zero-order chi connectivity index (χ0) is 15.2. The van der Waals surface area contributed by atoms with E-state index in [1.165, 1.54) is 5.56 Å². The molecule has 2 aromatic rings. The quantitative estimate of drug-likeness (QED) is 0.913. The van der Waals surface area contributed by atoms with Gasteiger partial charge in [0.1, 0.15) is 11.9 Å². The molecule has 0 radical (unpaired) electrons. The molecule has 0 aliphatic rings. The second-order valence-electron chi connectivity index (χ2n) is 5.03. The predicted octanol–water partition coefficient (Wildman–Crippen LogP) is 3.33. The lowest BCUT2D eigenvalue weighted by Gasteiger charge is -2.12. The molecule has 0 aliphatic carbocycles. The van der Waals surface area contributed by atoms with Gasteiger partial charge in [-0.15, -0.1) is 0 Å². The molecule has 0 atom stereocenters. The van der Waals surface area contributed by atoms with E-state index in [4.69, 9.17) is 4.74 Å². The van der Waals surface area contributed by atoms with Crippen LogP contribution in [-0.4, -0.2) is 12.1 Å². The maximum atomic E-state index is 9.36. The molecular formula is C17H19N3O. The smallest absolute Gasteiger partial charge is 0.144 e. The zero-order valence-corrected chi connectivity index (χ0v) is 12.6. The Morgan fingerprint density at radius 3 is 2.57 bits per heavy atom. The Labute approximate surface area is 125 Å². The van der Waals surface area contributed by atoms with Crippen LogP contribution in [0.15, 0.2) is 30.3 Å². The molecule has 0 bridgehead atoms. The first-order valence-corrected chi connectivity index (χ1v) is 6.83. The molecule has 0 saturated carbocycles. The molecule has 0 aliphatic heterocycles. The third-order valence-electron chi connectivity index (χ3n) is 3.22. The van der Waals surface area contributed by atoms with E-state index in [9.17, 15) is 5.26 Å². The number of aromatic nitrogens is 1. The molecule has 4 heteroatoms. The monoisotopic (exact) mass is 281 g/mol. The molecule has 108 valence electrons. The van der Waals surface area contributed by atoms with Crippen LogP contribution in [0.4, 0.5) is 5.82 Å². The molecule has 2 rings (SSSR count). The van der Waals surface area contributed by atoms with E-state index in [1.54, 1.807) is 7.11 Å². The number of ether oxygens (including phenoxy) is 1. The molecule has 1 heterocycles. The van der Waals surface area contributed by atoms with Crippen LogP contribution in [0.25, 0.3) is 0 Å². The van der Waals surface area contributed by atoms with E-state index >= 15 is 0 Å². The van der Waals surface area contributed by atoms with Gasteiger partial charge in [-0.1, -0.05) is 29.8 Å². The highest BCUT2D eigenvalue weighted by molar-refractivity contribution is 5.56. The van der Waals surface area contributed by atoms with Crippen molar-refractivity contribution in [1.82, 2.24) is 4.98 Å². The van der Waals surface area contributed by atoms with Crippen molar-refractivity contribution in [1.29, 1.82) is 5.26 Å². The molecule has 0 amide bonds. The Morgan fingerprint density at radius 2 is 1.95 bits per heavy atom. The summed E-state index contributed by atoms with van der Waals surface area (Å²) < 4.78 is 5.15. The normalized spacial score (nSPS) is 10.2. The summed E-state index contributed by atoms with van der Waals surface area (Å²) in [6.07, 6.45) is 0. The number of benzene rings is 1. The van der Waals surface area contributed by atoms with Crippen molar-refractivity contribution in [3.63, 3.8) is 0 Å². The van der Waals surface area contributed by atoms with Crippen LogP contribution in [0.1, 0.15) is 27.9 Å². The highest BCUT2D eigenvalue weighted by Gasteiger charge is 2.11. The van der Waals surface area contributed by atoms with Crippen molar-refractivity contribution in [2.45, 2.75) is 27.0 Å². The molecule has 1 aromatic carbocycles. The fourth-order valence-corrected chi connectivity index (χ4v) is 2.15. The minimum absolute atomic E-state index is 0.408. The second kappa shape index (κ2) is 6.87. The molecule has 0 saturated heterocycles. The molecule has 21 heavy (non-hydrogen) atoms. The molecule has 4 nitrogen and oxygen atoms in total. The summed E-state index contributed by atoms with van der Waals surface area (Å²) in [6, 6.07) is 12.4. The maximum absolute atomic E-state index is 9.36. The van der Waals surface area contributed by atoms with E-state index in [2.05, 4.69) is 47.6 Å². The third kappa shape index (κ3) is 3.80. The minimum Gasteiger partial charge on any atom is -0.380 e. The zero-order valence-electron chi connectivity index (χ0n) is 12.6. The van der Waals surface area contributed by atoms with Crippen molar-refractivity contribution >= 4 is 5.82 Å². The average molecular weight is 281 g/mol. The van der Waals surface area contributed by atoms with Crippen LogP contribution >= 0.6 is 0 Å². The van der Waals surface area contributed by atoms with Crippen LogP contribution in [0.2, 0.25) is 0 Å². The maximum Gasteiger partial charge on any atom is 0.144 e. The van der Waals surface area contributed by atoms with Crippen LogP contribution in [0.5, 0.6) is 0 Å². The Morgan fingerprint density at radius 1 is 1.24 bits per heavy atom. The Hall–Kier alpha value is -2.38. The van der Waals surface area contributed by atoms with Gasteiger partial charge in [0.25, 0.3) is 0 Å². The van der Waals surface area contributed by atoms with Gasteiger partial charge in [-0.3, -0.25) is 0 Å². The number of rotatable bonds is 5. The minimum atomic E-state index is 0.408. The van der Waals surface area contributed by atoms with E-state index in [0.717, 1.165) is 16.8 Å². The SMILES string of the molecule is COCc1cc(C)nc(NCc2ccc(C)cc2)c1C#N. The number of nitrogens with zero attached hydrogens (tertiary/aromatic N) is 2. The van der Waals surface area contributed by atoms with Crippen molar-refractivity contribution in [2.75, 3.05) is 12.4 Å². The number of anilines is 1. The van der Waals surface area contributed by atoms with Crippen molar-refractivity contribution < 1.29 is 4.74 Å². The van der Waals surface area contributed by atoms with Crippen LogP contribution in [-0.2, 0) is 17.9 Å². The molecule has 1 aromatic heterocycles. The van der Waals surface area contributed by atoms with Gasteiger partial charge in [0.15, 0.2) is 0 Å². The summed E-state index contributed by atoms with van der Waals surface area (Å²) in [5, 5.41) is 12.6. The van der Waals surface area contributed by atoms with Crippen molar-refractivity contribution in [3.05, 3.63) is 58.3 Å². The summed E-state index contributed by atoms with van der Waals surface area (Å²) >= 11 is 0. The van der Waals surface area contributed by atoms with Gasteiger partial charge < -0.3 is 10.1 Å². The third-order valence-corrected chi connectivity index (χ3v) is 3.22. The Kier molecular flexibility index (Phi) is 4.91. The van der Waals surface area contributed by atoms with Gasteiger partial charge in [-0.25, -0.2) is 4.98 Å². The highest BCUT2D eigenvalue weighted by Crippen LogP contribution is 2.20. The van der Waals surface area contributed by atoms with Gasteiger partial charge in [-0.2, -0.15) is 5.26 Å². The summed E-state index contributed by atoms with van der Waals surface area (Å²) in [4.78, 5) is 4.43. The fraction of sp³-hybridized carbons (Fsp3) is 0.294. The number of nitriles is 1. The number of aryl methyl sites for hydroxylation is 2. The van der Waals surface area contributed by atoms with Gasteiger partial charge in [0.05, 0.1) is 12.2 Å². The summed E-state index contributed by atoms with van der Waals surface area (Å²) in [5.41, 5.74) is 4.66. The molecule has 0 spiro atoms. The summed E-state index contributed by atoms with van der Waals surface area (Å²) in [5.74, 6) is 0.616. The van der Waals surface area contributed by atoms with E-state index in [1.807, 2.05) is 13.0 Å². The first-order valence-electron chi connectivity index (χ1n) is 6.83. The first kappa shape index (κ1) is 15.0. The number of pyridine rings is 1. The lowest BCUT2D eigenvalue weighted by molar-refractivity contribution is 0.184. The lowest BCUT2D eigenvalue weighted by atomic mass is 10.1. The molecule has 0 unspecified atom stereocenters. The topological polar surface area (TPSA) is 57.9 Å². The van der Waals surface area contributed by atoms with Crippen LogP contribution in [0, 0.1) is 25.2 Å². The number of hydrogen-bond acceptors (Lipinski definition) is 4. The van der Waals surface area contributed by atoms with Gasteiger partial charge >= 0.3 is 0 Å². The standard InChI is InChI=1S/C17H19N3O/c1-12-4-6-14(7-5-12)10-19-17-16(9-18)15(11-21-3)8-13(2)20-17/h4-8H,10-11H2,1-3H3,(H,19,20). The largest absolute Gasteiger partial charge is 0.380 e. The van der Waals surface area contributed by atoms with E-state index in [0.29, 0.717) is 24.5 Å². The van der Waals surface area contributed by atoms with E-state index < -0.39 is 0 Å². The molecule has 1 N–H and O–H groups in total. The predicted molar refractivity (Wildman–Crippen MR) is 82.9 cm³/mol. The van der Waals surface area contributed by atoms with Gasteiger partial charge in [-0.05, 0) is 25.5 Å². The van der Waals surface area contributed by atoms with Crippen molar-refractivity contribution in [2.24, 2.45) is 0 Å². The Bertz CT molecular complexity index is 657. The van der Waals surface area contributed by atoms with Crippen molar-refractivity contribution in [3.8, 4) is 6.07 Å².